The number of anilines is 1. The smallest absolute Gasteiger partial charge is 0.225 e. The summed E-state index contributed by atoms with van der Waals surface area (Å²) in [5, 5.41) is 2.92. The van der Waals surface area contributed by atoms with Crippen LogP contribution in [0.1, 0.15) is 44.2 Å². The molecule has 0 aromatic carbocycles. The van der Waals surface area contributed by atoms with Crippen LogP contribution in [-0.2, 0) is 4.79 Å². The van der Waals surface area contributed by atoms with Gasteiger partial charge in [-0.1, -0.05) is 25.2 Å². The zero-order valence-corrected chi connectivity index (χ0v) is 13.0. The highest BCUT2D eigenvalue weighted by Gasteiger charge is 2.32. The number of nitrogens with zero attached hydrogens (tertiary/aromatic N) is 2. The predicted octanol–water partition coefficient (Wildman–Crippen LogP) is 3.14. The number of hydrogen-bond acceptors (Lipinski definition) is 3. The van der Waals surface area contributed by atoms with Crippen LogP contribution in [0.15, 0.2) is 37.1 Å². The van der Waals surface area contributed by atoms with Crippen LogP contribution in [0.25, 0.3) is 0 Å². The number of imidazole rings is 1. The molecule has 118 valence electrons. The SMILES string of the molecule is O=C(CC1(C#Cc2cnc[nH]2)CCCCC1)Nc1cccnc1. The Bertz CT molecular complexity index is 692. The van der Waals surface area contributed by atoms with Crippen LogP contribution < -0.4 is 5.32 Å². The Morgan fingerprint density at radius 2 is 2.13 bits per heavy atom. The Kier molecular flexibility index (Phi) is 4.72. The highest BCUT2D eigenvalue weighted by Crippen LogP contribution is 2.39. The van der Waals surface area contributed by atoms with Gasteiger partial charge in [-0.3, -0.25) is 9.78 Å². The zero-order chi connectivity index (χ0) is 16.0. The first-order valence-corrected chi connectivity index (χ1v) is 7.97. The van der Waals surface area contributed by atoms with Crippen molar-refractivity contribution in [2.24, 2.45) is 5.41 Å². The summed E-state index contributed by atoms with van der Waals surface area (Å²) >= 11 is 0. The number of aromatic nitrogens is 3. The predicted molar refractivity (Wildman–Crippen MR) is 88.5 cm³/mol. The highest BCUT2D eigenvalue weighted by molar-refractivity contribution is 5.91. The monoisotopic (exact) mass is 308 g/mol. The molecule has 0 radical (unpaired) electrons. The van der Waals surface area contributed by atoms with E-state index in [1.807, 2.05) is 12.1 Å². The van der Waals surface area contributed by atoms with Gasteiger partial charge in [-0.25, -0.2) is 4.98 Å². The van der Waals surface area contributed by atoms with Crippen LogP contribution in [0.4, 0.5) is 5.69 Å². The molecule has 1 aliphatic rings. The fraction of sp³-hybridized carbons (Fsp3) is 0.389. The van der Waals surface area contributed by atoms with Crippen molar-refractivity contribution in [2.45, 2.75) is 38.5 Å². The van der Waals surface area contributed by atoms with Gasteiger partial charge in [0.25, 0.3) is 0 Å². The molecule has 3 rings (SSSR count). The fourth-order valence-corrected chi connectivity index (χ4v) is 3.05. The lowest BCUT2D eigenvalue weighted by molar-refractivity contribution is -0.118. The lowest BCUT2D eigenvalue weighted by Crippen LogP contribution is -2.28. The van der Waals surface area contributed by atoms with E-state index in [4.69, 9.17) is 0 Å². The lowest BCUT2D eigenvalue weighted by atomic mass is 9.72. The van der Waals surface area contributed by atoms with E-state index in [0.29, 0.717) is 6.42 Å². The second-order valence-electron chi connectivity index (χ2n) is 6.02. The van der Waals surface area contributed by atoms with Gasteiger partial charge in [-0.2, -0.15) is 0 Å². The summed E-state index contributed by atoms with van der Waals surface area (Å²) < 4.78 is 0. The molecular weight excluding hydrogens is 288 g/mol. The third-order valence-electron chi connectivity index (χ3n) is 4.22. The fourth-order valence-electron chi connectivity index (χ4n) is 3.05. The minimum Gasteiger partial charge on any atom is -0.338 e. The molecule has 0 bridgehead atoms. The van der Waals surface area contributed by atoms with Gasteiger partial charge in [0.1, 0.15) is 5.69 Å². The second kappa shape index (κ2) is 7.10. The first kappa shape index (κ1) is 15.3. The van der Waals surface area contributed by atoms with E-state index in [-0.39, 0.29) is 11.3 Å². The average molecular weight is 308 g/mol. The van der Waals surface area contributed by atoms with E-state index in [9.17, 15) is 4.79 Å². The molecule has 1 saturated carbocycles. The van der Waals surface area contributed by atoms with E-state index in [2.05, 4.69) is 32.1 Å². The minimum absolute atomic E-state index is 0.00110. The Morgan fingerprint density at radius 1 is 1.26 bits per heavy atom. The summed E-state index contributed by atoms with van der Waals surface area (Å²) in [5.41, 5.74) is 1.28. The molecule has 23 heavy (non-hydrogen) atoms. The zero-order valence-electron chi connectivity index (χ0n) is 13.0. The number of H-pyrrole nitrogens is 1. The van der Waals surface area contributed by atoms with Crippen LogP contribution in [0.5, 0.6) is 0 Å². The highest BCUT2D eigenvalue weighted by atomic mass is 16.1. The summed E-state index contributed by atoms with van der Waals surface area (Å²) in [7, 11) is 0. The summed E-state index contributed by atoms with van der Waals surface area (Å²) in [6.45, 7) is 0. The van der Waals surface area contributed by atoms with Gasteiger partial charge in [0, 0.05) is 18.0 Å². The molecule has 2 aromatic heterocycles. The van der Waals surface area contributed by atoms with E-state index in [0.717, 1.165) is 37.1 Å². The van der Waals surface area contributed by atoms with Crippen LogP contribution >= 0.6 is 0 Å². The number of nitrogens with one attached hydrogen (secondary N) is 2. The number of aromatic amines is 1. The van der Waals surface area contributed by atoms with Crippen molar-refractivity contribution >= 4 is 11.6 Å². The molecule has 0 spiro atoms. The van der Waals surface area contributed by atoms with Crippen molar-refractivity contribution in [3.63, 3.8) is 0 Å². The molecular formula is C18H20N4O. The van der Waals surface area contributed by atoms with Crippen LogP contribution in [0, 0.1) is 17.3 Å². The van der Waals surface area contributed by atoms with E-state index in [1.165, 1.54) is 6.42 Å². The molecule has 0 atom stereocenters. The maximum atomic E-state index is 12.4. The number of hydrogen-bond donors (Lipinski definition) is 2. The standard InChI is InChI=1S/C18H20N4O/c23-17(22-16-5-4-10-19-13-16)11-18(7-2-1-3-8-18)9-6-15-12-20-14-21-15/h4-5,10,12-14H,1-3,7-8,11H2,(H,20,21)(H,22,23). The molecule has 1 amide bonds. The largest absolute Gasteiger partial charge is 0.338 e. The molecule has 1 fully saturated rings. The quantitative estimate of drug-likeness (QED) is 0.856. The first-order chi connectivity index (χ1) is 11.3. The van der Waals surface area contributed by atoms with Crippen molar-refractivity contribution in [1.29, 1.82) is 0 Å². The molecule has 5 heteroatoms. The van der Waals surface area contributed by atoms with Gasteiger partial charge in [0.05, 0.1) is 24.4 Å². The van der Waals surface area contributed by atoms with E-state index in [1.54, 1.807) is 24.9 Å². The van der Waals surface area contributed by atoms with Gasteiger partial charge in [-0.05, 0) is 30.9 Å². The maximum absolute atomic E-state index is 12.4. The molecule has 2 aromatic rings. The van der Waals surface area contributed by atoms with Gasteiger partial charge >= 0.3 is 0 Å². The molecule has 0 saturated heterocycles. The Balaban J connectivity index is 1.72. The van der Waals surface area contributed by atoms with Crippen LogP contribution in [0.2, 0.25) is 0 Å². The van der Waals surface area contributed by atoms with Gasteiger partial charge in [0.15, 0.2) is 0 Å². The average Bonchev–Trinajstić information content (AvgIpc) is 3.08. The minimum atomic E-state index is -0.240. The molecule has 0 unspecified atom stereocenters. The van der Waals surface area contributed by atoms with E-state index < -0.39 is 0 Å². The number of rotatable bonds is 3. The molecule has 0 aliphatic heterocycles. The molecule has 1 aliphatic carbocycles. The summed E-state index contributed by atoms with van der Waals surface area (Å²) in [4.78, 5) is 23.4. The van der Waals surface area contributed by atoms with Crippen molar-refractivity contribution in [3.05, 3.63) is 42.7 Å². The van der Waals surface area contributed by atoms with Crippen molar-refractivity contribution in [1.82, 2.24) is 15.0 Å². The van der Waals surface area contributed by atoms with E-state index >= 15 is 0 Å². The summed E-state index contributed by atoms with van der Waals surface area (Å²) in [5.74, 6) is 6.50. The molecule has 2 N–H and O–H groups in total. The van der Waals surface area contributed by atoms with Crippen LogP contribution in [0.3, 0.4) is 0 Å². The number of carbonyl (C=O) groups is 1. The molecule has 5 nitrogen and oxygen atoms in total. The Labute approximate surface area is 135 Å². The first-order valence-electron chi connectivity index (χ1n) is 7.97. The normalized spacial score (nSPS) is 16.2. The second-order valence-corrected chi connectivity index (χ2v) is 6.02. The third-order valence-corrected chi connectivity index (χ3v) is 4.22. The topological polar surface area (TPSA) is 70.7 Å². The number of amides is 1. The van der Waals surface area contributed by atoms with Gasteiger partial charge in [-0.15, -0.1) is 0 Å². The maximum Gasteiger partial charge on any atom is 0.225 e. The van der Waals surface area contributed by atoms with Crippen molar-refractivity contribution < 1.29 is 4.79 Å². The summed E-state index contributed by atoms with van der Waals surface area (Å²) in [6.07, 6.45) is 12.5. The van der Waals surface area contributed by atoms with Gasteiger partial charge < -0.3 is 10.3 Å². The van der Waals surface area contributed by atoms with Crippen molar-refractivity contribution in [2.75, 3.05) is 5.32 Å². The number of carbonyl (C=O) groups excluding carboxylic acids is 1. The third kappa shape index (κ3) is 4.19. The summed E-state index contributed by atoms with van der Waals surface area (Å²) in [6, 6.07) is 3.65. The lowest BCUT2D eigenvalue weighted by Gasteiger charge is -2.31. The van der Waals surface area contributed by atoms with Crippen molar-refractivity contribution in [3.8, 4) is 11.8 Å². The Hall–Kier alpha value is -2.61. The van der Waals surface area contributed by atoms with Crippen LogP contribution in [-0.4, -0.2) is 20.9 Å². The Morgan fingerprint density at radius 3 is 2.83 bits per heavy atom. The molecule has 2 heterocycles. The van der Waals surface area contributed by atoms with Gasteiger partial charge in [0.2, 0.25) is 5.91 Å². The number of pyridine rings is 1.